The lowest BCUT2D eigenvalue weighted by molar-refractivity contribution is 0.0854. The van der Waals surface area contributed by atoms with E-state index in [0.717, 1.165) is 29.3 Å². The number of carbonyl (C=O) groups excluding carboxylic acids is 1. The summed E-state index contributed by atoms with van der Waals surface area (Å²) >= 11 is 3.43. The van der Waals surface area contributed by atoms with E-state index >= 15 is 0 Å². The molecule has 0 unspecified atom stereocenters. The fourth-order valence-electron chi connectivity index (χ4n) is 3.12. The van der Waals surface area contributed by atoms with Crippen molar-refractivity contribution in [3.8, 4) is 0 Å². The van der Waals surface area contributed by atoms with Crippen LogP contribution in [-0.2, 0) is 4.74 Å². The zero-order chi connectivity index (χ0) is 19.5. The Hall–Kier alpha value is -2.51. The molecule has 1 aromatic heterocycles. The molecule has 2 heterocycles. The van der Waals surface area contributed by atoms with Crippen LogP contribution < -0.4 is 10.9 Å². The summed E-state index contributed by atoms with van der Waals surface area (Å²) in [6.07, 6.45) is 1.95. The van der Waals surface area contributed by atoms with Crippen molar-refractivity contribution >= 4 is 38.5 Å². The molecule has 0 radical (unpaired) electrons. The second-order valence-corrected chi connectivity index (χ2v) is 7.50. The molecule has 0 aliphatic carbocycles. The molecule has 28 heavy (non-hydrogen) atoms. The van der Waals surface area contributed by atoms with E-state index in [0.29, 0.717) is 17.8 Å². The van der Waals surface area contributed by atoms with Gasteiger partial charge in [-0.25, -0.2) is 9.38 Å². The Labute approximate surface area is 169 Å². The molecule has 1 N–H and O–H groups in total. The monoisotopic (exact) mass is 444 g/mol. The van der Waals surface area contributed by atoms with E-state index in [-0.39, 0.29) is 23.1 Å². The van der Waals surface area contributed by atoms with Crippen molar-refractivity contribution in [1.82, 2.24) is 5.32 Å². The minimum atomic E-state index is -0.407. The van der Waals surface area contributed by atoms with Crippen molar-refractivity contribution in [2.75, 3.05) is 13.2 Å². The molecule has 0 bridgehead atoms. The van der Waals surface area contributed by atoms with Gasteiger partial charge in [-0.05, 0) is 55.3 Å². The fourth-order valence-corrected chi connectivity index (χ4v) is 3.50. The average molecular weight is 445 g/mol. The second kappa shape index (κ2) is 8.24. The normalized spacial score (nSPS) is 17.2. The number of benzene rings is 2. The summed E-state index contributed by atoms with van der Waals surface area (Å²) in [5, 5.41) is 3.65. The smallest absolute Gasteiger partial charge is 0.256 e. The number of hydrogen-bond acceptors (Lipinski definition) is 4. The molecule has 1 aliphatic rings. The number of nitrogens with zero attached hydrogens (tertiary/aromatic N) is 1. The number of ether oxygens (including phenoxy) is 1. The predicted molar refractivity (Wildman–Crippen MR) is 107 cm³/mol. The molecular weight excluding hydrogens is 427 g/mol. The Kier molecular flexibility index (Phi) is 5.54. The number of nitrogens with one attached hydrogen (secondary N) is 1. The summed E-state index contributed by atoms with van der Waals surface area (Å²) in [5.74, 6) is -0.716. The van der Waals surface area contributed by atoms with E-state index in [1.54, 1.807) is 24.3 Å². The molecule has 1 saturated heterocycles. The maximum Gasteiger partial charge on any atom is 0.256 e. The van der Waals surface area contributed by atoms with Gasteiger partial charge >= 0.3 is 0 Å². The summed E-state index contributed by atoms with van der Waals surface area (Å²) < 4.78 is 25.8. The number of rotatable bonds is 4. The fraction of sp³-hybridized carbons (Fsp3) is 0.238. The van der Waals surface area contributed by atoms with Crippen LogP contribution in [-0.4, -0.2) is 25.2 Å². The largest absolute Gasteiger partial charge is 0.438 e. The van der Waals surface area contributed by atoms with E-state index in [9.17, 15) is 9.18 Å². The van der Waals surface area contributed by atoms with Crippen LogP contribution in [0.2, 0.25) is 0 Å². The summed E-state index contributed by atoms with van der Waals surface area (Å²) in [6.45, 7) is 1.15. The standard InChI is InChI=1S/C21H18BrFN2O3/c22-14-6-7-19-13(9-14)10-18(20(26)24-12-17-5-2-8-27-17)21(28-19)25-16-4-1-3-15(23)11-16/h1,3-4,6-7,9-11,17H,2,5,8,12H2,(H,24,26)/t17-/m0/s1. The van der Waals surface area contributed by atoms with Crippen molar-refractivity contribution in [2.45, 2.75) is 18.9 Å². The molecule has 7 heteroatoms. The van der Waals surface area contributed by atoms with Gasteiger partial charge < -0.3 is 14.5 Å². The highest BCUT2D eigenvalue weighted by atomic mass is 79.9. The van der Waals surface area contributed by atoms with Gasteiger partial charge in [-0.15, -0.1) is 0 Å². The molecule has 3 aromatic rings. The number of halogens is 2. The molecule has 1 aliphatic heterocycles. The number of hydrogen-bond donors (Lipinski definition) is 1. The summed E-state index contributed by atoms with van der Waals surface area (Å²) in [5.41, 5.74) is 1.36. The molecule has 1 fully saturated rings. The first-order valence-electron chi connectivity index (χ1n) is 9.02. The van der Waals surface area contributed by atoms with Crippen LogP contribution in [0.25, 0.3) is 11.0 Å². The first kappa shape index (κ1) is 18.8. The third kappa shape index (κ3) is 4.31. The summed E-state index contributed by atoms with van der Waals surface area (Å²) in [7, 11) is 0. The van der Waals surface area contributed by atoms with E-state index in [4.69, 9.17) is 9.15 Å². The van der Waals surface area contributed by atoms with Gasteiger partial charge in [0, 0.05) is 23.0 Å². The lowest BCUT2D eigenvalue weighted by atomic mass is 10.1. The minimum Gasteiger partial charge on any atom is -0.438 e. The van der Waals surface area contributed by atoms with E-state index in [1.165, 1.54) is 12.1 Å². The van der Waals surface area contributed by atoms with E-state index in [1.807, 2.05) is 12.1 Å². The van der Waals surface area contributed by atoms with Gasteiger partial charge in [0.15, 0.2) is 0 Å². The van der Waals surface area contributed by atoms with Crippen molar-refractivity contribution in [1.29, 1.82) is 0 Å². The van der Waals surface area contributed by atoms with Gasteiger partial charge in [0.1, 0.15) is 17.0 Å². The molecular formula is C21H18BrFN2O3. The topological polar surface area (TPSA) is 63.8 Å². The van der Waals surface area contributed by atoms with E-state index in [2.05, 4.69) is 26.2 Å². The molecule has 5 nitrogen and oxygen atoms in total. The maximum absolute atomic E-state index is 13.5. The molecule has 1 atom stereocenters. The van der Waals surface area contributed by atoms with Crippen molar-refractivity contribution in [3.63, 3.8) is 0 Å². The first-order chi connectivity index (χ1) is 13.6. The Morgan fingerprint density at radius 1 is 1.25 bits per heavy atom. The van der Waals surface area contributed by atoms with Crippen LogP contribution in [0.5, 0.6) is 0 Å². The first-order valence-corrected chi connectivity index (χ1v) is 9.81. The molecule has 1 amide bonds. The predicted octanol–water partition coefficient (Wildman–Crippen LogP) is 4.48. The molecule has 4 rings (SSSR count). The lowest BCUT2D eigenvalue weighted by Gasteiger charge is -2.11. The van der Waals surface area contributed by atoms with Crippen LogP contribution in [0.1, 0.15) is 23.2 Å². The van der Waals surface area contributed by atoms with E-state index < -0.39 is 5.82 Å². The highest BCUT2D eigenvalue weighted by molar-refractivity contribution is 9.10. The second-order valence-electron chi connectivity index (χ2n) is 6.58. The summed E-state index contributed by atoms with van der Waals surface area (Å²) in [6, 6.07) is 13.1. The van der Waals surface area contributed by atoms with Crippen LogP contribution in [0, 0.1) is 5.82 Å². The lowest BCUT2D eigenvalue weighted by Crippen LogP contribution is -2.34. The summed E-state index contributed by atoms with van der Waals surface area (Å²) in [4.78, 5) is 17.2. The molecule has 144 valence electrons. The quantitative estimate of drug-likeness (QED) is 0.645. The SMILES string of the molecule is O=C(NC[C@@H]1CCCO1)c1cc2cc(Br)ccc2oc1=Nc1cccc(F)c1. The third-order valence-corrected chi connectivity index (χ3v) is 5.00. The average Bonchev–Trinajstić information content (AvgIpc) is 3.19. The highest BCUT2D eigenvalue weighted by Crippen LogP contribution is 2.20. The highest BCUT2D eigenvalue weighted by Gasteiger charge is 2.18. The van der Waals surface area contributed by atoms with Gasteiger partial charge in [0.25, 0.3) is 5.91 Å². The van der Waals surface area contributed by atoms with Crippen LogP contribution in [0.3, 0.4) is 0 Å². The molecule has 0 spiro atoms. The van der Waals surface area contributed by atoms with Gasteiger partial charge in [-0.1, -0.05) is 22.0 Å². The van der Waals surface area contributed by atoms with Gasteiger partial charge in [-0.3, -0.25) is 4.79 Å². The van der Waals surface area contributed by atoms with Gasteiger partial charge in [0.05, 0.1) is 11.8 Å². The maximum atomic E-state index is 13.5. The molecule has 2 aromatic carbocycles. The minimum absolute atomic E-state index is 0.0269. The Bertz CT molecular complexity index is 1090. The number of fused-ring (bicyclic) bond motifs is 1. The van der Waals surface area contributed by atoms with Crippen LogP contribution in [0.4, 0.5) is 10.1 Å². The Balaban J connectivity index is 1.76. The zero-order valence-corrected chi connectivity index (χ0v) is 16.5. The van der Waals surface area contributed by atoms with Crippen molar-refractivity contribution < 1.29 is 18.3 Å². The number of amides is 1. The molecule has 0 saturated carbocycles. The van der Waals surface area contributed by atoms with Crippen molar-refractivity contribution in [2.24, 2.45) is 4.99 Å². The van der Waals surface area contributed by atoms with Crippen LogP contribution >= 0.6 is 15.9 Å². The third-order valence-electron chi connectivity index (χ3n) is 4.51. The Morgan fingerprint density at radius 2 is 2.14 bits per heavy atom. The van der Waals surface area contributed by atoms with Crippen LogP contribution in [0.15, 0.2) is 62.4 Å². The van der Waals surface area contributed by atoms with Gasteiger partial charge in [0.2, 0.25) is 5.55 Å². The van der Waals surface area contributed by atoms with Crippen molar-refractivity contribution in [3.05, 3.63) is 69.9 Å². The number of carbonyl (C=O) groups is 1. The Morgan fingerprint density at radius 3 is 2.93 bits per heavy atom. The van der Waals surface area contributed by atoms with Gasteiger partial charge in [-0.2, -0.15) is 0 Å². The zero-order valence-electron chi connectivity index (χ0n) is 15.0.